The average molecular weight is 390 g/mol. The van der Waals surface area contributed by atoms with Crippen LogP contribution in [-0.4, -0.2) is 39.3 Å². The van der Waals surface area contributed by atoms with Crippen LogP contribution in [-0.2, 0) is 11.3 Å². The van der Waals surface area contributed by atoms with E-state index in [0.29, 0.717) is 29.3 Å². The van der Waals surface area contributed by atoms with Gasteiger partial charge in [-0.15, -0.1) is 0 Å². The number of hydrogen-bond acceptors (Lipinski definition) is 6. The smallest absolute Gasteiger partial charge is 0.261 e. The maximum Gasteiger partial charge on any atom is 0.261 e. The van der Waals surface area contributed by atoms with Crippen molar-refractivity contribution in [1.82, 2.24) is 20.4 Å². The molecule has 0 spiro atoms. The monoisotopic (exact) mass is 390 g/mol. The van der Waals surface area contributed by atoms with Crippen LogP contribution in [0.3, 0.4) is 0 Å². The topological polar surface area (TPSA) is 105 Å². The lowest BCUT2D eigenvalue weighted by atomic mass is 10.1. The summed E-state index contributed by atoms with van der Waals surface area (Å²) in [4.78, 5) is 42.1. The number of nitrogens with zero attached hydrogens (tertiary/aromatic N) is 3. The third-order valence-corrected chi connectivity index (χ3v) is 4.60. The van der Waals surface area contributed by atoms with Gasteiger partial charge in [0, 0.05) is 18.5 Å². The number of carbonyl (C=O) groups excluding carboxylic acids is 3. The van der Waals surface area contributed by atoms with Crippen LogP contribution in [0.25, 0.3) is 11.4 Å². The molecule has 0 bridgehead atoms. The molecule has 0 fully saturated rings. The van der Waals surface area contributed by atoms with Crippen LogP contribution in [0.1, 0.15) is 39.4 Å². The summed E-state index contributed by atoms with van der Waals surface area (Å²) in [6, 6.07) is 16.1. The highest BCUT2D eigenvalue weighted by atomic mass is 16.5. The van der Waals surface area contributed by atoms with Crippen molar-refractivity contribution in [3.63, 3.8) is 0 Å². The molecule has 8 nitrogen and oxygen atoms in total. The highest BCUT2D eigenvalue weighted by Gasteiger charge is 2.34. The van der Waals surface area contributed by atoms with E-state index in [1.807, 2.05) is 30.3 Å². The molecule has 1 N–H and O–H groups in total. The fourth-order valence-corrected chi connectivity index (χ4v) is 3.13. The molecule has 0 saturated carbocycles. The number of carbonyl (C=O) groups is 3. The van der Waals surface area contributed by atoms with E-state index in [-0.39, 0.29) is 37.2 Å². The van der Waals surface area contributed by atoms with E-state index < -0.39 is 0 Å². The van der Waals surface area contributed by atoms with Crippen LogP contribution >= 0.6 is 0 Å². The Morgan fingerprint density at radius 1 is 0.966 bits per heavy atom. The molecule has 0 saturated heterocycles. The number of hydrogen-bond donors (Lipinski definition) is 1. The Morgan fingerprint density at radius 2 is 1.62 bits per heavy atom. The van der Waals surface area contributed by atoms with E-state index >= 15 is 0 Å². The second-order valence-electron chi connectivity index (χ2n) is 6.57. The summed E-state index contributed by atoms with van der Waals surface area (Å²) in [5.74, 6) is -0.0882. The molecule has 1 aliphatic rings. The van der Waals surface area contributed by atoms with Crippen molar-refractivity contribution in [2.45, 2.75) is 19.4 Å². The molecule has 0 atom stereocenters. The molecule has 8 heteroatoms. The molecule has 0 radical (unpaired) electrons. The van der Waals surface area contributed by atoms with Crippen LogP contribution in [0.5, 0.6) is 0 Å². The Kier molecular flexibility index (Phi) is 5.15. The van der Waals surface area contributed by atoms with Crippen molar-refractivity contribution in [2.24, 2.45) is 0 Å². The van der Waals surface area contributed by atoms with Crippen LogP contribution in [0, 0.1) is 0 Å². The summed E-state index contributed by atoms with van der Waals surface area (Å²) in [5.41, 5.74) is 1.65. The van der Waals surface area contributed by atoms with Gasteiger partial charge in [-0.2, -0.15) is 4.98 Å². The molecular formula is C21H18N4O4. The van der Waals surface area contributed by atoms with Crippen molar-refractivity contribution in [1.29, 1.82) is 0 Å². The molecule has 1 aliphatic heterocycles. The molecule has 0 aliphatic carbocycles. The summed E-state index contributed by atoms with van der Waals surface area (Å²) in [7, 11) is 0. The predicted molar refractivity (Wildman–Crippen MR) is 103 cm³/mol. The minimum Gasteiger partial charge on any atom is -0.347 e. The van der Waals surface area contributed by atoms with Gasteiger partial charge in [0.05, 0.1) is 17.7 Å². The number of aromatic nitrogens is 2. The number of amides is 3. The molecule has 0 unspecified atom stereocenters. The van der Waals surface area contributed by atoms with Crippen molar-refractivity contribution in [3.8, 4) is 11.4 Å². The molecule has 29 heavy (non-hydrogen) atoms. The lowest BCUT2D eigenvalue weighted by Gasteiger charge is -2.13. The second-order valence-corrected chi connectivity index (χ2v) is 6.57. The summed E-state index contributed by atoms with van der Waals surface area (Å²) in [6.45, 7) is 0.310. The van der Waals surface area contributed by atoms with Crippen molar-refractivity contribution < 1.29 is 18.9 Å². The zero-order chi connectivity index (χ0) is 20.2. The summed E-state index contributed by atoms with van der Waals surface area (Å²) in [5, 5.41) is 6.60. The van der Waals surface area contributed by atoms with Gasteiger partial charge in [-0.1, -0.05) is 47.6 Å². The van der Waals surface area contributed by atoms with Crippen LogP contribution < -0.4 is 5.32 Å². The summed E-state index contributed by atoms with van der Waals surface area (Å²) >= 11 is 0. The first-order chi connectivity index (χ1) is 14.1. The zero-order valence-corrected chi connectivity index (χ0v) is 15.5. The van der Waals surface area contributed by atoms with Gasteiger partial charge in [-0.05, 0) is 18.6 Å². The Bertz CT molecular complexity index is 1030. The average Bonchev–Trinajstić information content (AvgIpc) is 3.32. The number of fused-ring (bicyclic) bond motifs is 1. The van der Waals surface area contributed by atoms with Gasteiger partial charge in [-0.3, -0.25) is 19.3 Å². The zero-order valence-electron chi connectivity index (χ0n) is 15.5. The number of nitrogens with one attached hydrogen (secondary N) is 1. The minimum atomic E-state index is -0.315. The Hall–Kier alpha value is -3.81. The van der Waals surface area contributed by atoms with E-state index in [1.165, 1.54) is 4.90 Å². The Morgan fingerprint density at radius 3 is 2.31 bits per heavy atom. The maximum atomic E-state index is 12.3. The highest BCUT2D eigenvalue weighted by Crippen LogP contribution is 2.22. The molecule has 4 rings (SSSR count). The highest BCUT2D eigenvalue weighted by molar-refractivity contribution is 6.21. The van der Waals surface area contributed by atoms with Gasteiger partial charge in [0.1, 0.15) is 0 Å². The van der Waals surface area contributed by atoms with Gasteiger partial charge < -0.3 is 9.84 Å². The molecule has 3 amide bonds. The number of imide groups is 1. The Labute approximate surface area is 166 Å². The molecule has 3 aromatic rings. The van der Waals surface area contributed by atoms with Gasteiger partial charge >= 0.3 is 0 Å². The predicted octanol–water partition coefficient (Wildman–Crippen LogP) is 2.43. The lowest BCUT2D eigenvalue weighted by Crippen LogP contribution is -2.32. The largest absolute Gasteiger partial charge is 0.347 e. The van der Waals surface area contributed by atoms with Gasteiger partial charge in [-0.25, -0.2) is 0 Å². The van der Waals surface area contributed by atoms with Crippen molar-refractivity contribution in [2.75, 3.05) is 6.54 Å². The van der Waals surface area contributed by atoms with Gasteiger partial charge in [0.15, 0.2) is 0 Å². The third-order valence-electron chi connectivity index (χ3n) is 4.60. The van der Waals surface area contributed by atoms with E-state index in [1.54, 1.807) is 24.3 Å². The number of rotatable bonds is 7. The van der Waals surface area contributed by atoms with E-state index in [0.717, 1.165) is 5.56 Å². The second kappa shape index (κ2) is 8.05. The first-order valence-electron chi connectivity index (χ1n) is 9.23. The SMILES string of the molecule is O=C(CCCN1C(=O)c2ccccc2C1=O)NCc1nc(-c2ccccc2)no1. The summed E-state index contributed by atoms with van der Waals surface area (Å²) < 4.78 is 5.15. The molecule has 1 aromatic heterocycles. The van der Waals surface area contributed by atoms with E-state index in [4.69, 9.17) is 4.52 Å². The van der Waals surface area contributed by atoms with Crippen LogP contribution in [0.2, 0.25) is 0 Å². The first-order valence-corrected chi connectivity index (χ1v) is 9.23. The minimum absolute atomic E-state index is 0.117. The van der Waals surface area contributed by atoms with E-state index in [2.05, 4.69) is 15.5 Å². The van der Waals surface area contributed by atoms with Crippen molar-refractivity contribution in [3.05, 3.63) is 71.6 Å². The summed E-state index contributed by atoms with van der Waals surface area (Å²) in [6.07, 6.45) is 0.545. The molecule has 146 valence electrons. The first kappa shape index (κ1) is 18.5. The molecule has 2 aromatic carbocycles. The third kappa shape index (κ3) is 3.91. The van der Waals surface area contributed by atoms with Crippen molar-refractivity contribution >= 4 is 17.7 Å². The quantitative estimate of drug-likeness (QED) is 0.621. The van der Waals surface area contributed by atoms with E-state index in [9.17, 15) is 14.4 Å². The molecule has 2 heterocycles. The fourth-order valence-electron chi connectivity index (χ4n) is 3.13. The van der Waals surface area contributed by atoms with Crippen LogP contribution in [0.15, 0.2) is 59.1 Å². The molecular weight excluding hydrogens is 372 g/mol. The Balaban J connectivity index is 1.24. The van der Waals surface area contributed by atoms with Gasteiger partial charge in [0.2, 0.25) is 17.6 Å². The van der Waals surface area contributed by atoms with Crippen LogP contribution in [0.4, 0.5) is 0 Å². The fraction of sp³-hybridized carbons (Fsp3) is 0.190. The normalized spacial score (nSPS) is 12.9. The number of benzene rings is 2. The maximum absolute atomic E-state index is 12.3. The standard InChI is InChI=1S/C21H18N4O4/c26-17(22-13-18-23-19(24-29-18)14-7-2-1-3-8-14)11-6-12-25-20(27)15-9-4-5-10-16(15)21(25)28/h1-5,7-10H,6,11-13H2,(H,22,26). The lowest BCUT2D eigenvalue weighted by molar-refractivity contribution is -0.121. The van der Waals surface area contributed by atoms with Gasteiger partial charge in [0.25, 0.3) is 11.8 Å².